The van der Waals surface area contributed by atoms with E-state index in [-0.39, 0.29) is 12.5 Å². The molecule has 0 atom stereocenters. The highest BCUT2D eigenvalue weighted by atomic mass is 32.2. The smallest absolute Gasteiger partial charge is 0.243 e. The molecule has 1 aliphatic heterocycles. The number of hydrogen-bond donors (Lipinski definition) is 1. The number of nitrogens with zero attached hydrogens (tertiary/aromatic N) is 1. The van der Waals surface area contributed by atoms with Gasteiger partial charge in [0.15, 0.2) is 0 Å². The highest BCUT2D eigenvalue weighted by Crippen LogP contribution is 2.28. The summed E-state index contributed by atoms with van der Waals surface area (Å²) >= 11 is 0. The molecule has 0 unspecified atom stereocenters. The maximum Gasteiger partial charge on any atom is 0.243 e. The first-order chi connectivity index (χ1) is 12.6. The average Bonchev–Trinajstić information content (AvgIpc) is 3.19. The molecule has 0 bridgehead atoms. The van der Waals surface area contributed by atoms with Crippen LogP contribution in [0.2, 0.25) is 0 Å². The van der Waals surface area contributed by atoms with Crippen LogP contribution < -0.4 is 5.32 Å². The summed E-state index contributed by atoms with van der Waals surface area (Å²) in [5.41, 5.74) is 0.673. The molecule has 0 aromatic heterocycles. The summed E-state index contributed by atoms with van der Waals surface area (Å²) in [6.07, 6.45) is 9.45. The van der Waals surface area contributed by atoms with E-state index in [1.807, 2.05) is 6.07 Å². The Labute approximate surface area is 157 Å². The number of piperidine rings is 1. The lowest BCUT2D eigenvalue weighted by Crippen LogP contribution is -2.36. The van der Waals surface area contributed by atoms with Crippen LogP contribution in [0.25, 0.3) is 0 Å². The van der Waals surface area contributed by atoms with Crippen molar-refractivity contribution in [3.8, 4) is 0 Å². The van der Waals surface area contributed by atoms with E-state index in [0.29, 0.717) is 35.9 Å². The maximum absolute atomic E-state index is 13.0. The van der Waals surface area contributed by atoms with Crippen molar-refractivity contribution in [2.75, 3.05) is 13.1 Å². The minimum atomic E-state index is -3.48. The zero-order valence-corrected chi connectivity index (χ0v) is 16.3. The molecule has 0 radical (unpaired) electrons. The molecular formula is C20H30N2O3S. The van der Waals surface area contributed by atoms with Crippen LogP contribution in [0.5, 0.6) is 0 Å². The van der Waals surface area contributed by atoms with Crippen molar-refractivity contribution in [1.29, 1.82) is 0 Å². The Hall–Kier alpha value is -1.40. The molecule has 5 nitrogen and oxygen atoms in total. The third-order valence-electron chi connectivity index (χ3n) is 5.64. The fraction of sp³-hybridized carbons (Fsp3) is 0.650. The summed E-state index contributed by atoms with van der Waals surface area (Å²) < 4.78 is 27.5. The predicted molar refractivity (Wildman–Crippen MR) is 102 cm³/mol. The number of carbonyl (C=O) groups is 1. The molecular weight excluding hydrogens is 348 g/mol. The van der Waals surface area contributed by atoms with Gasteiger partial charge in [0.25, 0.3) is 0 Å². The second-order valence-electron chi connectivity index (χ2n) is 7.54. The number of carbonyl (C=O) groups excluding carboxylic acids is 1. The molecule has 2 aliphatic rings. The number of amides is 1. The highest BCUT2D eigenvalue weighted by molar-refractivity contribution is 7.89. The van der Waals surface area contributed by atoms with Gasteiger partial charge in [0.05, 0.1) is 4.90 Å². The Bertz CT molecular complexity index is 706. The van der Waals surface area contributed by atoms with Gasteiger partial charge in [-0.3, -0.25) is 4.79 Å². The quantitative estimate of drug-likeness (QED) is 0.790. The van der Waals surface area contributed by atoms with E-state index in [1.165, 1.54) is 25.7 Å². The fourth-order valence-electron chi connectivity index (χ4n) is 4.06. The normalized spacial score (nSPS) is 19.5. The Morgan fingerprint density at radius 2 is 1.73 bits per heavy atom. The molecule has 1 aromatic rings. The number of sulfonamides is 1. The average molecular weight is 379 g/mol. The molecule has 1 heterocycles. The minimum absolute atomic E-state index is 0.0158. The molecule has 2 fully saturated rings. The summed E-state index contributed by atoms with van der Waals surface area (Å²) in [6, 6.07) is 7.04. The highest BCUT2D eigenvalue weighted by Gasteiger charge is 2.27. The monoisotopic (exact) mass is 378 g/mol. The maximum atomic E-state index is 13.0. The topological polar surface area (TPSA) is 66.5 Å². The van der Waals surface area contributed by atoms with Gasteiger partial charge in [-0.1, -0.05) is 50.3 Å². The Balaban J connectivity index is 1.60. The molecule has 0 spiro atoms. The molecule has 1 amide bonds. The number of nitrogens with one attached hydrogen (secondary N) is 1. The van der Waals surface area contributed by atoms with Crippen LogP contribution in [0.4, 0.5) is 0 Å². The van der Waals surface area contributed by atoms with Crippen molar-refractivity contribution in [3.05, 3.63) is 29.8 Å². The number of benzene rings is 1. The van der Waals surface area contributed by atoms with E-state index in [4.69, 9.17) is 0 Å². The standard InChI is InChI=1S/C20H30N2O3S/c23-20(13-12-17-8-2-3-9-17)21-16-18-10-4-5-11-19(18)26(24,25)22-14-6-1-7-15-22/h4-5,10-11,17H,1-3,6-9,12-16H2,(H,21,23). The fourth-order valence-corrected chi connectivity index (χ4v) is 5.80. The third kappa shape index (κ3) is 4.86. The summed E-state index contributed by atoms with van der Waals surface area (Å²) in [7, 11) is -3.48. The van der Waals surface area contributed by atoms with Crippen LogP contribution in [0, 0.1) is 5.92 Å². The lowest BCUT2D eigenvalue weighted by Gasteiger charge is -2.26. The first-order valence-electron chi connectivity index (χ1n) is 9.92. The van der Waals surface area contributed by atoms with Crippen molar-refractivity contribution in [2.45, 2.75) is 69.2 Å². The molecule has 26 heavy (non-hydrogen) atoms. The Morgan fingerprint density at radius 3 is 2.46 bits per heavy atom. The van der Waals surface area contributed by atoms with E-state index in [2.05, 4.69) is 5.32 Å². The van der Waals surface area contributed by atoms with Gasteiger partial charge in [0.1, 0.15) is 0 Å². The lowest BCUT2D eigenvalue weighted by molar-refractivity contribution is -0.121. The van der Waals surface area contributed by atoms with Crippen LogP contribution >= 0.6 is 0 Å². The zero-order valence-electron chi connectivity index (χ0n) is 15.5. The second-order valence-corrected chi connectivity index (χ2v) is 9.44. The lowest BCUT2D eigenvalue weighted by atomic mass is 10.0. The summed E-state index contributed by atoms with van der Waals surface area (Å²) in [5.74, 6) is 0.703. The van der Waals surface area contributed by atoms with Crippen molar-refractivity contribution in [1.82, 2.24) is 9.62 Å². The van der Waals surface area contributed by atoms with Gasteiger partial charge in [0.2, 0.25) is 15.9 Å². The van der Waals surface area contributed by atoms with Gasteiger partial charge < -0.3 is 5.32 Å². The third-order valence-corrected chi connectivity index (χ3v) is 7.63. The van der Waals surface area contributed by atoms with Crippen LogP contribution in [-0.4, -0.2) is 31.7 Å². The van der Waals surface area contributed by atoms with Crippen LogP contribution in [0.15, 0.2) is 29.2 Å². The first kappa shape index (κ1) is 19.4. The minimum Gasteiger partial charge on any atom is -0.352 e. The van der Waals surface area contributed by atoms with Gasteiger partial charge in [-0.05, 0) is 36.8 Å². The van der Waals surface area contributed by atoms with Gasteiger partial charge in [0, 0.05) is 26.1 Å². The van der Waals surface area contributed by atoms with Crippen molar-refractivity contribution in [3.63, 3.8) is 0 Å². The van der Waals surface area contributed by atoms with Crippen molar-refractivity contribution in [2.24, 2.45) is 5.92 Å². The second kappa shape index (κ2) is 9.00. The van der Waals surface area contributed by atoms with E-state index < -0.39 is 10.0 Å². The summed E-state index contributed by atoms with van der Waals surface area (Å²) in [4.78, 5) is 12.5. The summed E-state index contributed by atoms with van der Waals surface area (Å²) in [5, 5.41) is 2.92. The Kier molecular flexibility index (Phi) is 6.70. The van der Waals surface area contributed by atoms with E-state index >= 15 is 0 Å². The van der Waals surface area contributed by atoms with Gasteiger partial charge in [-0.25, -0.2) is 8.42 Å². The van der Waals surface area contributed by atoms with E-state index in [9.17, 15) is 13.2 Å². The van der Waals surface area contributed by atoms with Gasteiger partial charge >= 0.3 is 0 Å². The SMILES string of the molecule is O=C(CCC1CCCC1)NCc1ccccc1S(=O)(=O)N1CCCCC1. The molecule has 1 saturated heterocycles. The zero-order chi connectivity index (χ0) is 18.4. The van der Waals surface area contributed by atoms with Crippen LogP contribution in [0.3, 0.4) is 0 Å². The molecule has 1 saturated carbocycles. The summed E-state index contributed by atoms with van der Waals surface area (Å²) in [6.45, 7) is 1.45. The Morgan fingerprint density at radius 1 is 1.04 bits per heavy atom. The van der Waals surface area contributed by atoms with Crippen LogP contribution in [0.1, 0.15) is 63.4 Å². The molecule has 1 aromatic carbocycles. The molecule has 1 aliphatic carbocycles. The molecule has 6 heteroatoms. The first-order valence-corrected chi connectivity index (χ1v) is 11.4. The van der Waals surface area contributed by atoms with Gasteiger partial charge in [-0.2, -0.15) is 4.31 Å². The predicted octanol–water partition coefficient (Wildman–Crippen LogP) is 3.45. The molecule has 1 N–H and O–H groups in total. The van der Waals surface area contributed by atoms with Crippen LogP contribution in [-0.2, 0) is 21.4 Å². The number of rotatable bonds is 7. The van der Waals surface area contributed by atoms with Crippen molar-refractivity contribution >= 4 is 15.9 Å². The van der Waals surface area contributed by atoms with E-state index in [0.717, 1.165) is 25.7 Å². The van der Waals surface area contributed by atoms with E-state index in [1.54, 1.807) is 22.5 Å². The molecule has 3 rings (SSSR count). The largest absolute Gasteiger partial charge is 0.352 e. The molecule has 144 valence electrons. The van der Waals surface area contributed by atoms with Crippen molar-refractivity contribution < 1.29 is 13.2 Å². The number of hydrogen-bond acceptors (Lipinski definition) is 3. The van der Waals surface area contributed by atoms with Gasteiger partial charge in [-0.15, -0.1) is 0 Å².